The number of hydrogen-bond acceptors (Lipinski definition) is 0. The van der Waals surface area contributed by atoms with Gasteiger partial charge in [0.1, 0.15) is 0 Å². The zero-order valence-corrected chi connectivity index (χ0v) is 24.1. The van der Waals surface area contributed by atoms with Gasteiger partial charge in [0.15, 0.2) is 0 Å². The lowest BCUT2D eigenvalue weighted by Crippen LogP contribution is -1.95. The number of para-hydroxylation sites is 3. The SMILES string of the molecule is c1ccc(-c2cccc(-c3cccc4c3c3ccccc3n4-c3ccc4c(c3)c3ccccc3n4-c3ccccc3)c2)cc1. The molecule has 2 heterocycles. The van der Waals surface area contributed by atoms with Gasteiger partial charge in [0.25, 0.3) is 0 Å². The summed E-state index contributed by atoms with van der Waals surface area (Å²) < 4.78 is 4.81. The van der Waals surface area contributed by atoms with Crippen molar-refractivity contribution >= 4 is 43.6 Å². The third-order valence-corrected chi connectivity index (χ3v) is 8.91. The first-order chi connectivity index (χ1) is 21.8. The van der Waals surface area contributed by atoms with Gasteiger partial charge in [0.05, 0.1) is 22.1 Å². The van der Waals surface area contributed by atoms with E-state index in [4.69, 9.17) is 0 Å². The Balaban J connectivity index is 1.30. The van der Waals surface area contributed by atoms with Crippen molar-refractivity contribution in [3.63, 3.8) is 0 Å². The van der Waals surface area contributed by atoms with Gasteiger partial charge in [0.2, 0.25) is 0 Å². The number of hydrogen-bond donors (Lipinski definition) is 0. The summed E-state index contributed by atoms with van der Waals surface area (Å²) in [6.07, 6.45) is 0. The van der Waals surface area contributed by atoms with Crippen LogP contribution in [0.3, 0.4) is 0 Å². The number of nitrogens with zero attached hydrogens (tertiary/aromatic N) is 2. The summed E-state index contributed by atoms with van der Waals surface area (Å²) in [6.45, 7) is 0. The Labute approximate surface area is 255 Å². The van der Waals surface area contributed by atoms with Crippen LogP contribution in [0, 0.1) is 0 Å². The molecule has 206 valence electrons. The summed E-state index contributed by atoms with van der Waals surface area (Å²) in [5.74, 6) is 0. The predicted octanol–water partition coefficient (Wildman–Crippen LogP) is 11.2. The fraction of sp³-hybridized carbons (Fsp3) is 0. The Bertz CT molecular complexity index is 2480. The first-order valence-electron chi connectivity index (χ1n) is 15.1. The van der Waals surface area contributed by atoms with Gasteiger partial charge in [-0.1, -0.05) is 115 Å². The molecule has 44 heavy (non-hydrogen) atoms. The molecule has 0 saturated carbocycles. The molecule has 0 amide bonds. The molecular weight excluding hydrogens is 532 g/mol. The average molecular weight is 561 g/mol. The summed E-state index contributed by atoms with van der Waals surface area (Å²) >= 11 is 0. The molecular formula is C42H28N2. The molecule has 0 atom stereocenters. The fourth-order valence-electron chi connectivity index (χ4n) is 6.99. The minimum Gasteiger partial charge on any atom is -0.309 e. The fourth-order valence-corrected chi connectivity index (χ4v) is 6.99. The van der Waals surface area contributed by atoms with Gasteiger partial charge in [-0.15, -0.1) is 0 Å². The molecule has 0 aliphatic heterocycles. The lowest BCUT2D eigenvalue weighted by molar-refractivity contribution is 1.17. The molecule has 2 nitrogen and oxygen atoms in total. The van der Waals surface area contributed by atoms with Crippen molar-refractivity contribution in [1.82, 2.24) is 9.13 Å². The van der Waals surface area contributed by atoms with Crippen molar-refractivity contribution in [3.05, 3.63) is 170 Å². The standard InChI is InChI=1S/C42H28N2/c1-3-13-29(14-4-1)30-15-11-16-31(27-30)34-21-12-24-41-42(34)36-20-8-10-23-39(36)44(41)33-25-26-40-37(28-33)35-19-7-9-22-38(35)43(40)32-17-5-2-6-18-32/h1-28H. The van der Waals surface area contributed by atoms with E-state index in [1.165, 1.54) is 71.6 Å². The van der Waals surface area contributed by atoms with Crippen LogP contribution in [0.15, 0.2) is 170 Å². The Hall–Kier alpha value is -5.86. The van der Waals surface area contributed by atoms with Crippen LogP contribution >= 0.6 is 0 Å². The molecule has 9 aromatic rings. The maximum Gasteiger partial charge on any atom is 0.0547 e. The Morgan fingerprint density at radius 2 is 0.864 bits per heavy atom. The van der Waals surface area contributed by atoms with Gasteiger partial charge in [0, 0.05) is 32.9 Å². The second kappa shape index (κ2) is 9.86. The van der Waals surface area contributed by atoms with E-state index in [2.05, 4.69) is 179 Å². The molecule has 2 heteroatoms. The van der Waals surface area contributed by atoms with E-state index in [1.54, 1.807) is 0 Å². The lowest BCUT2D eigenvalue weighted by Gasteiger charge is -2.11. The van der Waals surface area contributed by atoms with Gasteiger partial charge in [-0.2, -0.15) is 0 Å². The number of fused-ring (bicyclic) bond motifs is 6. The summed E-state index contributed by atoms with van der Waals surface area (Å²) in [4.78, 5) is 0. The third-order valence-electron chi connectivity index (χ3n) is 8.91. The van der Waals surface area contributed by atoms with Gasteiger partial charge >= 0.3 is 0 Å². The van der Waals surface area contributed by atoms with Gasteiger partial charge in [-0.05, 0) is 76.9 Å². The van der Waals surface area contributed by atoms with Crippen molar-refractivity contribution in [1.29, 1.82) is 0 Å². The molecule has 0 N–H and O–H groups in total. The maximum atomic E-state index is 2.43. The van der Waals surface area contributed by atoms with E-state index in [-0.39, 0.29) is 0 Å². The van der Waals surface area contributed by atoms with Crippen LogP contribution in [0.25, 0.3) is 77.2 Å². The topological polar surface area (TPSA) is 9.86 Å². The second-order valence-corrected chi connectivity index (χ2v) is 11.4. The largest absolute Gasteiger partial charge is 0.309 e. The smallest absolute Gasteiger partial charge is 0.0547 e. The van der Waals surface area contributed by atoms with Gasteiger partial charge < -0.3 is 9.13 Å². The maximum absolute atomic E-state index is 2.43. The first-order valence-corrected chi connectivity index (χ1v) is 15.1. The van der Waals surface area contributed by atoms with E-state index in [1.807, 2.05) is 0 Å². The average Bonchev–Trinajstić information content (AvgIpc) is 3.62. The summed E-state index contributed by atoms with van der Waals surface area (Å²) in [5, 5.41) is 5.04. The minimum absolute atomic E-state index is 1.16. The van der Waals surface area contributed by atoms with E-state index >= 15 is 0 Å². The zero-order valence-electron chi connectivity index (χ0n) is 24.1. The van der Waals surface area contributed by atoms with E-state index in [0.29, 0.717) is 0 Å². The molecule has 0 aliphatic rings. The molecule has 9 rings (SSSR count). The van der Waals surface area contributed by atoms with E-state index in [0.717, 1.165) is 5.69 Å². The van der Waals surface area contributed by atoms with Gasteiger partial charge in [-0.3, -0.25) is 0 Å². The molecule has 2 aromatic heterocycles. The molecule has 0 spiro atoms. The van der Waals surface area contributed by atoms with Crippen LogP contribution in [-0.4, -0.2) is 9.13 Å². The summed E-state index contributed by atoms with van der Waals surface area (Å²) in [5.41, 5.74) is 12.1. The van der Waals surface area contributed by atoms with Crippen molar-refractivity contribution in [2.24, 2.45) is 0 Å². The molecule has 0 radical (unpaired) electrons. The van der Waals surface area contributed by atoms with Crippen LogP contribution in [0.4, 0.5) is 0 Å². The Morgan fingerprint density at radius 3 is 1.68 bits per heavy atom. The number of aromatic nitrogens is 2. The molecule has 0 unspecified atom stereocenters. The van der Waals surface area contributed by atoms with Crippen LogP contribution in [0.1, 0.15) is 0 Å². The Kier molecular flexibility index (Phi) is 5.54. The zero-order chi connectivity index (χ0) is 29.0. The van der Waals surface area contributed by atoms with Crippen LogP contribution in [-0.2, 0) is 0 Å². The molecule has 0 aliphatic carbocycles. The van der Waals surface area contributed by atoms with E-state index < -0.39 is 0 Å². The predicted molar refractivity (Wildman–Crippen MR) is 186 cm³/mol. The summed E-state index contributed by atoms with van der Waals surface area (Å²) in [6, 6.07) is 61.4. The highest BCUT2D eigenvalue weighted by atomic mass is 15.0. The van der Waals surface area contributed by atoms with Gasteiger partial charge in [-0.25, -0.2) is 0 Å². The normalized spacial score (nSPS) is 11.6. The van der Waals surface area contributed by atoms with Crippen LogP contribution in [0.5, 0.6) is 0 Å². The molecule has 0 fully saturated rings. The first kappa shape index (κ1) is 24.7. The van der Waals surface area contributed by atoms with E-state index in [9.17, 15) is 0 Å². The van der Waals surface area contributed by atoms with Crippen molar-refractivity contribution < 1.29 is 0 Å². The van der Waals surface area contributed by atoms with Crippen molar-refractivity contribution in [2.75, 3.05) is 0 Å². The third kappa shape index (κ3) is 3.75. The molecule has 0 saturated heterocycles. The number of rotatable bonds is 4. The lowest BCUT2D eigenvalue weighted by atomic mass is 9.96. The van der Waals surface area contributed by atoms with Crippen molar-refractivity contribution in [2.45, 2.75) is 0 Å². The van der Waals surface area contributed by atoms with Crippen molar-refractivity contribution in [3.8, 4) is 33.6 Å². The highest BCUT2D eigenvalue weighted by molar-refractivity contribution is 6.16. The Morgan fingerprint density at radius 1 is 0.295 bits per heavy atom. The second-order valence-electron chi connectivity index (χ2n) is 11.4. The summed E-state index contributed by atoms with van der Waals surface area (Å²) in [7, 11) is 0. The number of benzene rings is 7. The quantitative estimate of drug-likeness (QED) is 0.203. The molecule has 7 aromatic carbocycles. The highest BCUT2D eigenvalue weighted by Crippen LogP contribution is 2.40. The minimum atomic E-state index is 1.16. The van der Waals surface area contributed by atoms with Crippen LogP contribution in [0.2, 0.25) is 0 Å². The highest BCUT2D eigenvalue weighted by Gasteiger charge is 2.18. The van der Waals surface area contributed by atoms with Crippen LogP contribution < -0.4 is 0 Å². The molecule has 0 bridgehead atoms. The monoisotopic (exact) mass is 560 g/mol.